The zero-order valence-electron chi connectivity index (χ0n) is 10.8. The second-order valence-electron chi connectivity index (χ2n) is 4.16. The SMILES string of the molecule is Cc1cc(I)ccc1NC(=O)COc1cccc[n+]1[O-]. The van der Waals surface area contributed by atoms with Crippen LogP contribution < -0.4 is 14.8 Å². The number of rotatable bonds is 4. The fraction of sp³-hybridized carbons (Fsp3) is 0.143. The zero-order valence-corrected chi connectivity index (χ0v) is 13.0. The van der Waals surface area contributed by atoms with Gasteiger partial charge in [0.15, 0.2) is 12.8 Å². The van der Waals surface area contributed by atoms with Gasteiger partial charge in [0.1, 0.15) is 0 Å². The summed E-state index contributed by atoms with van der Waals surface area (Å²) in [5.74, 6) is -0.208. The molecule has 0 aliphatic heterocycles. The molecule has 0 bridgehead atoms. The average Bonchev–Trinajstić information content (AvgIpc) is 2.41. The van der Waals surface area contributed by atoms with E-state index < -0.39 is 0 Å². The Morgan fingerprint density at radius 3 is 2.90 bits per heavy atom. The van der Waals surface area contributed by atoms with Crippen molar-refractivity contribution in [2.45, 2.75) is 6.92 Å². The number of carbonyl (C=O) groups is 1. The van der Waals surface area contributed by atoms with Gasteiger partial charge in [-0.2, -0.15) is 0 Å². The van der Waals surface area contributed by atoms with E-state index in [0.717, 1.165) is 14.8 Å². The topological polar surface area (TPSA) is 65.3 Å². The molecule has 0 aliphatic carbocycles. The van der Waals surface area contributed by atoms with E-state index in [1.54, 1.807) is 12.1 Å². The van der Waals surface area contributed by atoms with Gasteiger partial charge < -0.3 is 15.3 Å². The number of amides is 1. The Morgan fingerprint density at radius 2 is 2.20 bits per heavy atom. The van der Waals surface area contributed by atoms with E-state index in [0.29, 0.717) is 4.73 Å². The number of benzene rings is 1. The molecule has 1 aromatic carbocycles. The molecule has 20 heavy (non-hydrogen) atoms. The Bertz CT molecular complexity index is 632. The van der Waals surface area contributed by atoms with Crippen molar-refractivity contribution in [1.29, 1.82) is 0 Å². The highest BCUT2D eigenvalue weighted by Crippen LogP contribution is 2.17. The maximum absolute atomic E-state index is 11.8. The van der Waals surface area contributed by atoms with Crippen LogP contribution in [0.2, 0.25) is 0 Å². The van der Waals surface area contributed by atoms with Crippen molar-refractivity contribution in [2.75, 3.05) is 11.9 Å². The lowest BCUT2D eigenvalue weighted by atomic mass is 10.2. The Morgan fingerprint density at radius 1 is 1.40 bits per heavy atom. The smallest absolute Gasteiger partial charge is 0.379 e. The van der Waals surface area contributed by atoms with Crippen molar-refractivity contribution in [3.05, 3.63) is 56.9 Å². The van der Waals surface area contributed by atoms with Crippen molar-refractivity contribution < 1.29 is 14.3 Å². The van der Waals surface area contributed by atoms with Crippen molar-refractivity contribution >= 4 is 34.2 Å². The van der Waals surface area contributed by atoms with E-state index >= 15 is 0 Å². The second-order valence-corrected chi connectivity index (χ2v) is 5.41. The average molecular weight is 384 g/mol. The van der Waals surface area contributed by atoms with E-state index in [-0.39, 0.29) is 18.4 Å². The van der Waals surface area contributed by atoms with Crippen molar-refractivity contribution in [2.24, 2.45) is 0 Å². The quantitative estimate of drug-likeness (QED) is 0.500. The number of carbonyl (C=O) groups excluding carboxylic acids is 1. The first-order valence-electron chi connectivity index (χ1n) is 5.93. The molecule has 0 unspecified atom stereocenters. The number of nitrogens with one attached hydrogen (secondary N) is 1. The fourth-order valence-corrected chi connectivity index (χ4v) is 2.26. The van der Waals surface area contributed by atoms with Gasteiger partial charge >= 0.3 is 5.88 Å². The monoisotopic (exact) mass is 384 g/mol. The first-order chi connectivity index (χ1) is 9.56. The van der Waals surface area contributed by atoms with Crippen molar-refractivity contribution in [3.63, 3.8) is 0 Å². The molecule has 0 saturated carbocycles. The largest absolute Gasteiger partial charge is 0.616 e. The Hall–Kier alpha value is -1.83. The molecule has 0 atom stereocenters. The van der Waals surface area contributed by atoms with Crippen LogP contribution in [0.4, 0.5) is 5.69 Å². The predicted molar refractivity (Wildman–Crippen MR) is 83.4 cm³/mol. The molecule has 0 saturated heterocycles. The molecule has 2 aromatic rings. The second kappa shape index (κ2) is 6.56. The van der Waals surface area contributed by atoms with E-state index in [1.807, 2.05) is 25.1 Å². The molecule has 0 spiro atoms. The summed E-state index contributed by atoms with van der Waals surface area (Å²) in [7, 11) is 0. The van der Waals surface area contributed by atoms with Gasteiger partial charge in [0.05, 0.1) is 6.07 Å². The number of hydrogen-bond acceptors (Lipinski definition) is 3. The number of hydrogen-bond donors (Lipinski definition) is 1. The summed E-state index contributed by atoms with van der Waals surface area (Å²) in [5, 5.41) is 14.1. The Labute approximate surface area is 130 Å². The van der Waals surface area contributed by atoms with Crippen LogP contribution in [0.1, 0.15) is 5.56 Å². The molecule has 1 heterocycles. The molecule has 1 aromatic heterocycles. The van der Waals surface area contributed by atoms with Crippen molar-refractivity contribution in [1.82, 2.24) is 0 Å². The summed E-state index contributed by atoms with van der Waals surface area (Å²) in [6, 6.07) is 10.5. The van der Waals surface area contributed by atoms with Gasteiger partial charge in [0.2, 0.25) is 0 Å². The third-order valence-electron chi connectivity index (χ3n) is 2.60. The molecule has 104 valence electrons. The van der Waals surface area contributed by atoms with Crippen LogP contribution in [0, 0.1) is 15.7 Å². The minimum Gasteiger partial charge on any atom is -0.616 e. The molecule has 0 fully saturated rings. The lowest BCUT2D eigenvalue weighted by molar-refractivity contribution is -0.612. The minimum atomic E-state index is -0.307. The van der Waals surface area contributed by atoms with Gasteiger partial charge in [-0.05, 0) is 59.3 Å². The number of anilines is 1. The van der Waals surface area contributed by atoms with Crippen LogP contribution in [0.25, 0.3) is 0 Å². The first-order valence-corrected chi connectivity index (χ1v) is 7.01. The Kier molecular flexibility index (Phi) is 4.78. The van der Waals surface area contributed by atoms with Crippen LogP contribution >= 0.6 is 22.6 Å². The number of aryl methyl sites for hydroxylation is 1. The van der Waals surface area contributed by atoms with Crippen LogP contribution in [0.15, 0.2) is 42.6 Å². The van der Waals surface area contributed by atoms with E-state index in [2.05, 4.69) is 27.9 Å². The van der Waals surface area contributed by atoms with Gasteiger partial charge in [0, 0.05) is 15.3 Å². The highest BCUT2D eigenvalue weighted by Gasteiger charge is 2.09. The molecule has 6 heteroatoms. The summed E-state index contributed by atoms with van der Waals surface area (Å²) in [6.07, 6.45) is 1.32. The lowest BCUT2D eigenvalue weighted by Gasteiger charge is -2.09. The third-order valence-corrected chi connectivity index (χ3v) is 3.27. The molecule has 1 N–H and O–H groups in total. The molecule has 1 amide bonds. The minimum absolute atomic E-state index is 0.0991. The van der Waals surface area contributed by atoms with Gasteiger partial charge in [-0.25, -0.2) is 0 Å². The van der Waals surface area contributed by atoms with Gasteiger partial charge in [-0.15, -0.1) is 4.73 Å². The van der Waals surface area contributed by atoms with Gasteiger partial charge in [-0.3, -0.25) is 4.79 Å². The number of nitrogens with zero attached hydrogens (tertiary/aromatic N) is 1. The molecular weight excluding hydrogens is 371 g/mol. The summed E-state index contributed by atoms with van der Waals surface area (Å²) in [5.41, 5.74) is 1.71. The normalized spacial score (nSPS) is 10.1. The number of aromatic nitrogens is 1. The standard InChI is InChI=1S/C14H13IN2O3/c1-10-8-11(15)5-6-12(10)16-13(18)9-20-14-4-2-3-7-17(14)19/h2-8H,9H2,1H3,(H,16,18). The maximum atomic E-state index is 11.8. The molecule has 2 rings (SSSR count). The number of pyridine rings is 1. The van der Waals surface area contributed by atoms with Gasteiger partial charge in [-0.1, -0.05) is 0 Å². The summed E-state index contributed by atoms with van der Waals surface area (Å²) >= 11 is 2.21. The van der Waals surface area contributed by atoms with Crippen LogP contribution in [-0.4, -0.2) is 12.5 Å². The first kappa shape index (κ1) is 14.6. The number of halogens is 1. The van der Waals surface area contributed by atoms with E-state index in [4.69, 9.17) is 4.74 Å². The molecule has 5 nitrogen and oxygen atoms in total. The predicted octanol–water partition coefficient (Wildman–Crippen LogP) is 2.25. The van der Waals surface area contributed by atoms with E-state index in [1.165, 1.54) is 12.3 Å². The fourth-order valence-electron chi connectivity index (χ4n) is 1.62. The van der Waals surface area contributed by atoms with Crippen molar-refractivity contribution in [3.8, 4) is 5.88 Å². The molecule has 0 aliphatic rings. The molecular formula is C14H13IN2O3. The molecule has 0 radical (unpaired) electrons. The summed E-state index contributed by atoms with van der Waals surface area (Å²) in [4.78, 5) is 11.8. The zero-order chi connectivity index (χ0) is 14.5. The summed E-state index contributed by atoms with van der Waals surface area (Å²) in [6.45, 7) is 1.71. The lowest BCUT2D eigenvalue weighted by Crippen LogP contribution is -2.30. The third kappa shape index (κ3) is 3.83. The van der Waals surface area contributed by atoms with Crippen LogP contribution in [0.3, 0.4) is 0 Å². The number of ether oxygens (including phenoxy) is 1. The van der Waals surface area contributed by atoms with Gasteiger partial charge in [0.25, 0.3) is 5.91 Å². The van der Waals surface area contributed by atoms with Crippen LogP contribution in [-0.2, 0) is 4.79 Å². The van der Waals surface area contributed by atoms with E-state index in [9.17, 15) is 10.0 Å². The summed E-state index contributed by atoms with van der Waals surface area (Å²) < 4.78 is 6.85. The Balaban J connectivity index is 1.94. The van der Waals surface area contributed by atoms with Crippen LogP contribution in [0.5, 0.6) is 5.88 Å². The highest BCUT2D eigenvalue weighted by molar-refractivity contribution is 14.1. The maximum Gasteiger partial charge on any atom is 0.379 e. The highest BCUT2D eigenvalue weighted by atomic mass is 127.